The monoisotopic (exact) mass is 386 g/mol. The summed E-state index contributed by atoms with van der Waals surface area (Å²) in [5.41, 5.74) is -0.290. The maximum Gasteiger partial charge on any atom is 0.339 e. The number of ether oxygens (including phenoxy) is 4. The molecule has 26 heavy (non-hydrogen) atoms. The lowest BCUT2D eigenvalue weighted by molar-refractivity contribution is -0.187. The number of fused-ring (bicyclic) bond motifs is 1. The Hall–Kier alpha value is -1.57. The molecule has 2 aliphatic heterocycles. The average Bonchev–Trinajstić information content (AvgIpc) is 3.08. The van der Waals surface area contributed by atoms with Crippen molar-refractivity contribution in [1.82, 2.24) is 0 Å². The smallest absolute Gasteiger partial charge is 0.339 e. The molecule has 6 nitrogen and oxygen atoms in total. The highest BCUT2D eigenvalue weighted by atomic mass is 35.5. The number of carbonyl (C=O) groups is 1. The average molecular weight is 387 g/mol. The van der Waals surface area contributed by atoms with Gasteiger partial charge in [0.05, 0.1) is 13.2 Å². The Morgan fingerprint density at radius 2 is 1.88 bits per heavy atom. The van der Waals surface area contributed by atoms with E-state index in [-0.39, 0.29) is 40.7 Å². The van der Waals surface area contributed by atoms with Crippen molar-refractivity contribution < 1.29 is 33.2 Å². The minimum atomic E-state index is -1.38. The first-order valence-electron chi connectivity index (χ1n) is 8.74. The summed E-state index contributed by atoms with van der Waals surface area (Å²) in [5, 5.41) is 8.93. The molecule has 0 aromatic heterocycles. The van der Waals surface area contributed by atoms with Crippen molar-refractivity contribution >= 4 is 17.6 Å². The van der Waals surface area contributed by atoms with Crippen LogP contribution in [0.4, 0.5) is 4.39 Å². The minimum Gasteiger partial charge on any atom is -0.484 e. The third kappa shape index (κ3) is 2.82. The fourth-order valence-electron chi connectivity index (χ4n) is 4.10. The fraction of sp³-hybridized carbons (Fsp3) is 0.611. The Morgan fingerprint density at radius 1 is 1.23 bits per heavy atom. The summed E-state index contributed by atoms with van der Waals surface area (Å²) < 4.78 is 37.5. The fourth-order valence-corrected chi connectivity index (χ4v) is 4.34. The van der Waals surface area contributed by atoms with E-state index in [1.165, 1.54) is 6.92 Å². The zero-order chi connectivity index (χ0) is 18.5. The first-order valence-corrected chi connectivity index (χ1v) is 9.12. The van der Waals surface area contributed by atoms with Crippen LogP contribution < -0.4 is 9.47 Å². The molecule has 3 aliphatic rings. The van der Waals surface area contributed by atoms with Gasteiger partial charge in [-0.25, -0.2) is 9.18 Å². The number of hydrogen-bond donors (Lipinski definition) is 1. The number of benzene rings is 1. The first kappa shape index (κ1) is 17.8. The van der Waals surface area contributed by atoms with Crippen molar-refractivity contribution in [2.45, 2.75) is 44.5 Å². The predicted molar refractivity (Wildman–Crippen MR) is 89.6 cm³/mol. The third-order valence-corrected chi connectivity index (χ3v) is 5.88. The van der Waals surface area contributed by atoms with E-state index in [0.29, 0.717) is 13.2 Å². The van der Waals surface area contributed by atoms with Crippen LogP contribution in [-0.4, -0.2) is 42.8 Å². The normalized spacial score (nSPS) is 24.8. The van der Waals surface area contributed by atoms with Gasteiger partial charge in [0.2, 0.25) is 0 Å². The Kier molecular flexibility index (Phi) is 4.49. The molecule has 142 valence electrons. The zero-order valence-corrected chi connectivity index (χ0v) is 15.1. The van der Waals surface area contributed by atoms with Gasteiger partial charge in [0.15, 0.2) is 23.1 Å². The summed E-state index contributed by atoms with van der Waals surface area (Å²) in [7, 11) is 0. The van der Waals surface area contributed by atoms with E-state index >= 15 is 0 Å². The molecule has 1 N–H and O–H groups in total. The number of hydrogen-bond acceptors (Lipinski definition) is 5. The summed E-state index contributed by atoms with van der Waals surface area (Å²) in [6.07, 6.45) is 3.02. The molecular weight excluding hydrogens is 367 g/mol. The summed E-state index contributed by atoms with van der Waals surface area (Å²) in [6, 6.07) is 0. The second-order valence-corrected chi connectivity index (χ2v) is 7.38. The van der Waals surface area contributed by atoms with Gasteiger partial charge in [-0.3, -0.25) is 0 Å². The van der Waals surface area contributed by atoms with Crippen molar-refractivity contribution in [1.29, 1.82) is 0 Å². The Bertz CT molecular complexity index is 736. The van der Waals surface area contributed by atoms with Crippen molar-refractivity contribution in [2.75, 3.05) is 19.8 Å². The van der Waals surface area contributed by atoms with Crippen LogP contribution in [0.3, 0.4) is 0 Å². The third-order valence-electron chi connectivity index (χ3n) is 5.54. The van der Waals surface area contributed by atoms with Crippen LogP contribution in [0.15, 0.2) is 0 Å². The van der Waals surface area contributed by atoms with Crippen molar-refractivity contribution in [3.05, 3.63) is 22.0 Å². The second kappa shape index (κ2) is 6.55. The molecule has 0 bridgehead atoms. The van der Waals surface area contributed by atoms with Gasteiger partial charge < -0.3 is 24.1 Å². The van der Waals surface area contributed by atoms with Gasteiger partial charge in [0.25, 0.3) is 0 Å². The summed E-state index contributed by atoms with van der Waals surface area (Å²) in [4.78, 5) is 11.4. The highest BCUT2D eigenvalue weighted by molar-refractivity contribution is 6.33. The maximum atomic E-state index is 14.2. The van der Waals surface area contributed by atoms with Crippen LogP contribution in [-0.2, 0) is 9.47 Å². The highest BCUT2D eigenvalue weighted by Gasteiger charge is 2.44. The van der Waals surface area contributed by atoms with Crippen molar-refractivity contribution in [3.63, 3.8) is 0 Å². The Morgan fingerprint density at radius 3 is 2.50 bits per heavy atom. The van der Waals surface area contributed by atoms with Gasteiger partial charge in [-0.15, -0.1) is 0 Å². The van der Waals surface area contributed by atoms with E-state index < -0.39 is 23.1 Å². The second-order valence-electron chi connectivity index (χ2n) is 7.00. The number of aromatic carboxylic acids is 1. The number of carboxylic acids is 1. The molecule has 2 fully saturated rings. The van der Waals surface area contributed by atoms with Crippen LogP contribution >= 0.6 is 11.6 Å². The molecule has 1 aromatic rings. The molecule has 1 saturated carbocycles. The molecule has 1 aromatic carbocycles. The van der Waals surface area contributed by atoms with E-state index in [9.17, 15) is 14.3 Å². The predicted octanol–water partition coefficient (Wildman–Crippen LogP) is 3.56. The van der Waals surface area contributed by atoms with Crippen LogP contribution in [0.1, 0.15) is 41.6 Å². The SMILES string of the molecule is Cc1c2c(c(Cl)c(F)c1C(=O)O)OC[C@H](C1CCC3(CC1)OCCO3)O2. The van der Waals surface area contributed by atoms with E-state index in [0.717, 1.165) is 25.7 Å². The summed E-state index contributed by atoms with van der Waals surface area (Å²) in [6.45, 7) is 3.01. The minimum absolute atomic E-state index is 0.0812. The van der Waals surface area contributed by atoms with E-state index in [4.69, 9.17) is 30.5 Å². The van der Waals surface area contributed by atoms with Crippen LogP contribution in [0, 0.1) is 18.7 Å². The van der Waals surface area contributed by atoms with Crippen molar-refractivity contribution in [3.8, 4) is 11.5 Å². The summed E-state index contributed by atoms with van der Waals surface area (Å²) in [5.74, 6) is -2.31. The molecule has 1 spiro atoms. The molecule has 2 heterocycles. The maximum absolute atomic E-state index is 14.2. The van der Waals surface area contributed by atoms with Gasteiger partial charge in [0, 0.05) is 18.4 Å². The standard InChI is InChI=1S/C18H20ClFO6/c1-9-12(17(21)22)14(20)13(19)16-15(9)26-11(8-23-16)10-2-4-18(5-3-10)24-6-7-25-18/h10-11H,2-8H2,1H3,(H,21,22)/t11-/m1/s1. The molecule has 1 atom stereocenters. The highest BCUT2D eigenvalue weighted by Crippen LogP contribution is 2.47. The lowest BCUT2D eigenvalue weighted by Gasteiger charge is -2.40. The number of halogens is 2. The van der Waals surface area contributed by atoms with E-state index in [2.05, 4.69) is 0 Å². The lowest BCUT2D eigenvalue weighted by Crippen LogP contribution is -2.43. The number of carboxylic acid groups (broad SMARTS) is 1. The van der Waals surface area contributed by atoms with E-state index in [1.807, 2.05) is 0 Å². The van der Waals surface area contributed by atoms with Crippen LogP contribution in [0.2, 0.25) is 5.02 Å². The largest absolute Gasteiger partial charge is 0.484 e. The van der Waals surface area contributed by atoms with Crippen LogP contribution in [0.5, 0.6) is 11.5 Å². The molecule has 8 heteroatoms. The van der Waals surface area contributed by atoms with Crippen LogP contribution in [0.25, 0.3) is 0 Å². The molecular formula is C18H20ClFO6. The van der Waals surface area contributed by atoms with Gasteiger partial charge >= 0.3 is 5.97 Å². The lowest BCUT2D eigenvalue weighted by atomic mass is 9.81. The number of rotatable bonds is 2. The first-order chi connectivity index (χ1) is 12.4. The summed E-state index contributed by atoms with van der Waals surface area (Å²) >= 11 is 5.97. The van der Waals surface area contributed by atoms with Gasteiger partial charge in [-0.1, -0.05) is 11.6 Å². The molecule has 0 unspecified atom stereocenters. The zero-order valence-electron chi connectivity index (χ0n) is 14.3. The Labute approximate surface area is 155 Å². The quantitative estimate of drug-likeness (QED) is 0.837. The molecule has 0 radical (unpaired) electrons. The van der Waals surface area contributed by atoms with Gasteiger partial charge in [0.1, 0.15) is 23.3 Å². The topological polar surface area (TPSA) is 74.2 Å². The van der Waals surface area contributed by atoms with E-state index in [1.54, 1.807) is 0 Å². The van der Waals surface area contributed by atoms with Crippen molar-refractivity contribution in [2.24, 2.45) is 5.92 Å². The Balaban J connectivity index is 1.55. The van der Waals surface area contributed by atoms with Gasteiger partial charge in [-0.05, 0) is 25.7 Å². The van der Waals surface area contributed by atoms with Gasteiger partial charge in [-0.2, -0.15) is 0 Å². The molecule has 1 aliphatic carbocycles. The molecule has 4 rings (SSSR count). The molecule has 0 amide bonds. The molecule has 1 saturated heterocycles.